The maximum absolute atomic E-state index is 8.10. The normalized spacial score (nSPS) is 9.42. The molecule has 1 heterocycles. The molecule has 0 aliphatic carbocycles. The summed E-state index contributed by atoms with van der Waals surface area (Å²) >= 11 is 1.71. The van der Waals surface area contributed by atoms with E-state index in [1.807, 2.05) is 12.3 Å². The van der Waals surface area contributed by atoms with Crippen molar-refractivity contribution in [1.82, 2.24) is 0 Å². The molecular weight excluding hydrogens is 174 g/mol. The number of azide groups is 1. The van der Waals surface area contributed by atoms with Gasteiger partial charge < -0.3 is 4.42 Å². The van der Waals surface area contributed by atoms with Crippen LogP contribution in [0.5, 0.6) is 0 Å². The van der Waals surface area contributed by atoms with Gasteiger partial charge in [0.1, 0.15) is 5.76 Å². The van der Waals surface area contributed by atoms with Crippen molar-refractivity contribution in [1.29, 1.82) is 0 Å². The minimum absolute atomic E-state index is 0.305. The summed E-state index contributed by atoms with van der Waals surface area (Å²) < 4.78 is 5.14. The van der Waals surface area contributed by atoms with Crippen molar-refractivity contribution in [2.75, 3.05) is 6.26 Å². The third kappa shape index (κ3) is 2.22. The van der Waals surface area contributed by atoms with Gasteiger partial charge in [0.2, 0.25) is 0 Å². The molecule has 0 N–H and O–H groups in total. The molecule has 0 unspecified atom stereocenters. The van der Waals surface area contributed by atoms with Gasteiger partial charge in [0.25, 0.3) is 0 Å². The summed E-state index contributed by atoms with van der Waals surface area (Å²) in [4.78, 5) is 2.67. The first kappa shape index (κ1) is 9.03. The smallest absolute Gasteiger partial charge is 0.113 e. The highest BCUT2D eigenvalue weighted by molar-refractivity contribution is 7.97. The summed E-state index contributed by atoms with van der Waals surface area (Å²) in [6.07, 6.45) is 3.64. The monoisotopic (exact) mass is 183 g/mol. The van der Waals surface area contributed by atoms with Gasteiger partial charge in [-0.2, -0.15) is 11.8 Å². The van der Waals surface area contributed by atoms with E-state index >= 15 is 0 Å². The van der Waals surface area contributed by atoms with E-state index in [0.717, 1.165) is 17.1 Å². The molecule has 4 nitrogen and oxygen atoms in total. The van der Waals surface area contributed by atoms with Crippen LogP contribution in [-0.4, -0.2) is 6.26 Å². The highest BCUT2D eigenvalue weighted by Gasteiger charge is 2.03. The lowest BCUT2D eigenvalue weighted by atomic mass is 10.3. The van der Waals surface area contributed by atoms with Crippen molar-refractivity contribution in [3.8, 4) is 0 Å². The van der Waals surface area contributed by atoms with Gasteiger partial charge in [-0.1, -0.05) is 5.11 Å². The standard InChI is InChI=1S/C7H9N3OS/c1-12-5-6-2-3-11-7(6)4-9-10-8/h2-3H,4-5H2,1H3. The van der Waals surface area contributed by atoms with E-state index in [1.165, 1.54) is 0 Å². The minimum Gasteiger partial charge on any atom is -0.469 e. The van der Waals surface area contributed by atoms with Gasteiger partial charge >= 0.3 is 0 Å². The molecule has 0 spiro atoms. The van der Waals surface area contributed by atoms with Crippen LogP contribution in [0.1, 0.15) is 11.3 Å². The first-order chi connectivity index (χ1) is 5.88. The van der Waals surface area contributed by atoms with E-state index in [1.54, 1.807) is 18.0 Å². The first-order valence-corrected chi connectivity index (χ1v) is 4.83. The van der Waals surface area contributed by atoms with Crippen LogP contribution in [0.15, 0.2) is 21.9 Å². The molecule has 0 fully saturated rings. The van der Waals surface area contributed by atoms with E-state index in [2.05, 4.69) is 10.0 Å². The Kier molecular flexibility index (Phi) is 3.57. The minimum atomic E-state index is 0.305. The third-order valence-electron chi connectivity index (χ3n) is 1.42. The number of hydrogen-bond donors (Lipinski definition) is 0. The lowest BCUT2D eigenvalue weighted by Gasteiger charge is -1.94. The van der Waals surface area contributed by atoms with Gasteiger partial charge in [0.15, 0.2) is 0 Å². The Hall–Kier alpha value is -1.06. The van der Waals surface area contributed by atoms with E-state index < -0.39 is 0 Å². The summed E-state index contributed by atoms with van der Waals surface area (Å²) in [7, 11) is 0. The molecule has 1 rings (SSSR count). The Bertz CT molecular complexity index is 291. The SMILES string of the molecule is CSCc1ccoc1CN=[N+]=[N-]. The quantitative estimate of drug-likeness (QED) is 0.409. The van der Waals surface area contributed by atoms with Crippen LogP contribution in [0.2, 0.25) is 0 Å². The van der Waals surface area contributed by atoms with E-state index in [-0.39, 0.29) is 0 Å². The molecular formula is C7H9N3OS. The lowest BCUT2D eigenvalue weighted by molar-refractivity contribution is 0.509. The van der Waals surface area contributed by atoms with E-state index in [9.17, 15) is 0 Å². The molecule has 0 radical (unpaired) electrons. The second-order valence-corrected chi connectivity index (χ2v) is 3.06. The van der Waals surface area contributed by atoms with Gasteiger partial charge in [-0.25, -0.2) is 0 Å². The van der Waals surface area contributed by atoms with Crippen LogP contribution in [0, 0.1) is 0 Å². The van der Waals surface area contributed by atoms with Crippen LogP contribution >= 0.6 is 11.8 Å². The van der Waals surface area contributed by atoms with Crippen molar-refractivity contribution in [2.24, 2.45) is 5.11 Å². The summed E-state index contributed by atoms with van der Waals surface area (Å²) in [5.41, 5.74) is 9.20. The average Bonchev–Trinajstić information content (AvgIpc) is 2.50. The zero-order valence-corrected chi connectivity index (χ0v) is 7.54. The number of rotatable bonds is 4. The zero-order valence-electron chi connectivity index (χ0n) is 6.73. The Morgan fingerprint density at radius 3 is 3.25 bits per heavy atom. The Morgan fingerprint density at radius 1 is 1.75 bits per heavy atom. The van der Waals surface area contributed by atoms with Gasteiger partial charge in [-0.05, 0) is 17.9 Å². The molecule has 0 aromatic carbocycles. The van der Waals surface area contributed by atoms with E-state index in [4.69, 9.17) is 9.95 Å². The average molecular weight is 183 g/mol. The Labute approximate surface area is 74.6 Å². The fraction of sp³-hybridized carbons (Fsp3) is 0.429. The van der Waals surface area contributed by atoms with Crippen LogP contribution in [0.25, 0.3) is 10.4 Å². The van der Waals surface area contributed by atoms with Crippen molar-refractivity contribution < 1.29 is 4.42 Å². The predicted octanol–water partition coefficient (Wildman–Crippen LogP) is 2.95. The second-order valence-electron chi connectivity index (χ2n) is 2.19. The summed E-state index contributed by atoms with van der Waals surface area (Å²) in [6.45, 7) is 0.305. The first-order valence-electron chi connectivity index (χ1n) is 3.43. The van der Waals surface area contributed by atoms with E-state index in [0.29, 0.717) is 6.54 Å². The van der Waals surface area contributed by atoms with Crippen LogP contribution < -0.4 is 0 Å². The molecule has 0 saturated heterocycles. The van der Waals surface area contributed by atoms with Gasteiger partial charge in [-0.3, -0.25) is 0 Å². The molecule has 5 heteroatoms. The Morgan fingerprint density at radius 2 is 2.58 bits per heavy atom. The molecule has 0 saturated carbocycles. The molecule has 0 aliphatic heterocycles. The predicted molar refractivity (Wildman–Crippen MR) is 48.8 cm³/mol. The molecule has 0 atom stereocenters. The maximum atomic E-state index is 8.10. The topological polar surface area (TPSA) is 61.9 Å². The third-order valence-corrected chi connectivity index (χ3v) is 2.01. The summed E-state index contributed by atoms with van der Waals surface area (Å²) in [5, 5.41) is 3.43. The van der Waals surface area contributed by atoms with Gasteiger partial charge in [-0.15, -0.1) is 0 Å². The van der Waals surface area contributed by atoms with Crippen LogP contribution in [-0.2, 0) is 12.3 Å². The molecule has 0 aliphatic rings. The zero-order chi connectivity index (χ0) is 8.81. The van der Waals surface area contributed by atoms with Crippen LogP contribution in [0.4, 0.5) is 0 Å². The largest absolute Gasteiger partial charge is 0.469 e. The van der Waals surface area contributed by atoms with Crippen molar-refractivity contribution in [3.63, 3.8) is 0 Å². The highest BCUT2D eigenvalue weighted by Crippen LogP contribution is 2.16. The van der Waals surface area contributed by atoms with Crippen LogP contribution in [0.3, 0.4) is 0 Å². The van der Waals surface area contributed by atoms with Crippen molar-refractivity contribution in [2.45, 2.75) is 12.3 Å². The fourth-order valence-corrected chi connectivity index (χ4v) is 1.45. The fourth-order valence-electron chi connectivity index (χ4n) is 0.886. The van der Waals surface area contributed by atoms with Crippen molar-refractivity contribution in [3.05, 3.63) is 34.1 Å². The molecule has 64 valence electrons. The number of thioether (sulfide) groups is 1. The number of furan rings is 1. The highest BCUT2D eigenvalue weighted by atomic mass is 32.2. The molecule has 0 amide bonds. The second kappa shape index (κ2) is 4.74. The van der Waals surface area contributed by atoms with Gasteiger partial charge in [0.05, 0.1) is 12.8 Å². The molecule has 1 aromatic rings. The molecule has 12 heavy (non-hydrogen) atoms. The number of hydrogen-bond acceptors (Lipinski definition) is 3. The summed E-state index contributed by atoms with van der Waals surface area (Å²) in [5.74, 6) is 1.66. The lowest BCUT2D eigenvalue weighted by Crippen LogP contribution is -1.83. The Balaban J connectivity index is 2.69. The molecule has 1 aromatic heterocycles. The van der Waals surface area contributed by atoms with Crippen molar-refractivity contribution >= 4 is 11.8 Å². The number of nitrogens with zero attached hydrogens (tertiary/aromatic N) is 3. The van der Waals surface area contributed by atoms with Gasteiger partial charge in [0, 0.05) is 16.2 Å². The molecule has 0 bridgehead atoms. The summed E-state index contributed by atoms with van der Waals surface area (Å²) in [6, 6.07) is 1.90. The maximum Gasteiger partial charge on any atom is 0.113 e.